The number of aromatic nitrogens is 2. The summed E-state index contributed by atoms with van der Waals surface area (Å²) in [5.74, 6) is 0.281. The van der Waals surface area contributed by atoms with Crippen molar-refractivity contribution >= 4 is 41.1 Å². The number of carbonyl (C=O) groups is 2. The number of ether oxygens (including phenoxy) is 1. The largest absolute Gasteiger partial charge is 0.476 e. The van der Waals surface area contributed by atoms with Gasteiger partial charge in [-0.1, -0.05) is 19.1 Å². The molecule has 4 aromatic rings. The number of nitrogens with zero attached hydrogens (tertiary/aromatic N) is 3. The summed E-state index contributed by atoms with van der Waals surface area (Å²) in [5.41, 5.74) is 1.19. The summed E-state index contributed by atoms with van der Waals surface area (Å²) < 4.78 is 52.1. The van der Waals surface area contributed by atoms with Crippen molar-refractivity contribution in [1.29, 1.82) is 0 Å². The third kappa shape index (κ3) is 11.5. The molecule has 0 radical (unpaired) electrons. The maximum Gasteiger partial charge on any atom is 0.476 e. The molecule has 1 fully saturated rings. The summed E-state index contributed by atoms with van der Waals surface area (Å²) in [6.07, 6.45) is 7.02. The molecular weight excluding hydrogens is 692 g/mol. The van der Waals surface area contributed by atoms with Crippen LogP contribution >= 0.6 is 19.2 Å². The summed E-state index contributed by atoms with van der Waals surface area (Å²) in [7, 11) is -4.05. The van der Waals surface area contributed by atoms with E-state index in [1.54, 1.807) is 77.0 Å². The Morgan fingerprint density at radius 1 is 0.961 bits per heavy atom. The number of phosphoric ester groups is 1. The van der Waals surface area contributed by atoms with Crippen LogP contribution in [-0.2, 0) is 40.7 Å². The Bertz CT molecular complexity index is 1880. The molecule has 0 atom stereocenters. The number of Topliss-reactive ketones (excluding diaryl/α,β-unsaturated/α-hetero) is 1. The predicted octanol–water partition coefficient (Wildman–Crippen LogP) is 9.69. The molecule has 1 aromatic carbocycles. The van der Waals surface area contributed by atoms with E-state index in [0.29, 0.717) is 47.8 Å². The number of halogens is 1. The topological polar surface area (TPSA) is 117 Å². The molecule has 0 spiro atoms. The van der Waals surface area contributed by atoms with Crippen molar-refractivity contribution < 1.29 is 36.9 Å². The van der Waals surface area contributed by atoms with E-state index >= 15 is 4.39 Å². The molecule has 3 heterocycles. The number of thiophene rings is 1. The predicted molar refractivity (Wildman–Crippen MR) is 196 cm³/mol. The lowest BCUT2D eigenvalue weighted by atomic mass is 10.0. The SMILES string of the molecule is CCCN(Cc1ccc(-c2cc3nccc(Oc4ccc(CC(=O)CC5CC5)cc4F)c3s2)nc1)C(=O)COP(=O)(OC(C)(C)C)OC(C)(C)C. The number of amides is 1. The summed E-state index contributed by atoms with van der Waals surface area (Å²) >= 11 is 1.43. The Morgan fingerprint density at radius 2 is 1.67 bits per heavy atom. The first-order valence-electron chi connectivity index (χ1n) is 17.2. The summed E-state index contributed by atoms with van der Waals surface area (Å²) in [5, 5.41) is 0. The Balaban J connectivity index is 1.25. The number of carbonyl (C=O) groups excluding carboxylic acids is 2. The first-order chi connectivity index (χ1) is 24.0. The van der Waals surface area contributed by atoms with Crippen LogP contribution in [0.15, 0.2) is 54.9 Å². The van der Waals surface area contributed by atoms with Gasteiger partial charge in [-0.15, -0.1) is 11.3 Å². The van der Waals surface area contributed by atoms with Crippen molar-refractivity contribution in [3.63, 3.8) is 0 Å². The zero-order valence-corrected chi connectivity index (χ0v) is 32.1. The van der Waals surface area contributed by atoms with Crippen molar-refractivity contribution in [2.24, 2.45) is 5.92 Å². The van der Waals surface area contributed by atoms with Gasteiger partial charge < -0.3 is 9.64 Å². The third-order valence-corrected chi connectivity index (χ3v) is 10.8. The highest BCUT2D eigenvalue weighted by atomic mass is 32.1. The highest BCUT2D eigenvalue weighted by Crippen LogP contribution is 2.55. The van der Waals surface area contributed by atoms with Gasteiger partial charge in [0, 0.05) is 44.4 Å². The molecule has 1 amide bonds. The Hall–Kier alpha value is -3.54. The molecule has 0 N–H and O–H groups in total. The van der Waals surface area contributed by atoms with Crippen LogP contribution in [0.3, 0.4) is 0 Å². The van der Waals surface area contributed by atoms with Crippen molar-refractivity contribution in [2.45, 2.75) is 98.3 Å². The second-order valence-corrected chi connectivity index (χ2v) is 17.4. The van der Waals surface area contributed by atoms with Crippen LogP contribution in [0.2, 0.25) is 0 Å². The number of rotatable bonds is 16. The van der Waals surface area contributed by atoms with E-state index < -0.39 is 31.4 Å². The molecule has 0 saturated heterocycles. The van der Waals surface area contributed by atoms with Gasteiger partial charge in [0.15, 0.2) is 11.6 Å². The minimum absolute atomic E-state index is 0.0705. The highest BCUT2D eigenvalue weighted by molar-refractivity contribution is 7.48. The first-order valence-corrected chi connectivity index (χ1v) is 19.5. The lowest BCUT2D eigenvalue weighted by Gasteiger charge is -2.31. The van der Waals surface area contributed by atoms with Gasteiger partial charge >= 0.3 is 7.82 Å². The van der Waals surface area contributed by atoms with Crippen LogP contribution < -0.4 is 4.74 Å². The lowest BCUT2D eigenvalue weighted by Crippen LogP contribution is -2.35. The first kappa shape index (κ1) is 38.7. The standard InChI is InChI=1S/C38H47FN3O7PS/c1-8-17-42(35(44)24-46-50(45,48-37(2,3)4)49-38(5,6)7)23-27-11-13-30(41-22-27)34-21-31-36(51-34)33(15-16-40-31)47-32-14-12-26(20-29(32)39)19-28(43)18-25-9-10-25/h11-16,20-22,25H,8-10,17-19,23-24H2,1-7H3. The van der Waals surface area contributed by atoms with Crippen LogP contribution in [0.4, 0.5) is 4.39 Å². The third-order valence-electron chi connectivity index (χ3n) is 7.62. The molecule has 1 aliphatic rings. The Labute approximate surface area is 303 Å². The molecule has 1 aliphatic carbocycles. The van der Waals surface area contributed by atoms with E-state index in [0.717, 1.165) is 28.0 Å². The van der Waals surface area contributed by atoms with Gasteiger partial charge in [0.2, 0.25) is 5.91 Å². The number of phosphoric acid groups is 1. The maximum atomic E-state index is 15.1. The van der Waals surface area contributed by atoms with Gasteiger partial charge in [-0.05, 0) is 102 Å². The van der Waals surface area contributed by atoms with E-state index in [1.165, 1.54) is 17.4 Å². The molecular formula is C38H47FN3O7PS. The molecule has 3 aromatic heterocycles. The molecule has 0 unspecified atom stereocenters. The van der Waals surface area contributed by atoms with E-state index in [2.05, 4.69) is 9.97 Å². The minimum atomic E-state index is -4.05. The number of fused-ring (bicyclic) bond motifs is 1. The van der Waals surface area contributed by atoms with Gasteiger partial charge in [0.05, 0.1) is 32.0 Å². The fourth-order valence-corrected chi connectivity index (χ4v) is 8.13. The zero-order chi connectivity index (χ0) is 37.0. The molecule has 13 heteroatoms. The van der Waals surface area contributed by atoms with Gasteiger partial charge in [-0.2, -0.15) is 0 Å². The molecule has 5 rings (SSSR count). The molecule has 0 aliphatic heterocycles. The second-order valence-electron chi connectivity index (χ2n) is 14.9. The maximum absolute atomic E-state index is 15.1. The zero-order valence-electron chi connectivity index (χ0n) is 30.4. The lowest BCUT2D eigenvalue weighted by molar-refractivity contribution is -0.135. The Kier molecular flexibility index (Phi) is 12.1. The van der Waals surface area contributed by atoms with Crippen LogP contribution in [0.25, 0.3) is 20.8 Å². The normalized spacial score (nSPS) is 13.8. The monoisotopic (exact) mass is 739 g/mol. The number of ketones is 1. The van der Waals surface area contributed by atoms with Crippen molar-refractivity contribution in [3.8, 4) is 22.1 Å². The van der Waals surface area contributed by atoms with E-state index in [4.69, 9.17) is 18.3 Å². The van der Waals surface area contributed by atoms with Crippen LogP contribution in [-0.4, -0.2) is 50.9 Å². The van der Waals surface area contributed by atoms with Crippen LogP contribution in [0.5, 0.6) is 11.5 Å². The fourth-order valence-electron chi connectivity index (χ4n) is 5.33. The van der Waals surface area contributed by atoms with Crippen molar-refractivity contribution in [2.75, 3.05) is 13.2 Å². The molecule has 274 valence electrons. The van der Waals surface area contributed by atoms with E-state index in [-0.39, 0.29) is 30.4 Å². The number of hydrogen-bond donors (Lipinski definition) is 0. The van der Waals surface area contributed by atoms with Gasteiger partial charge in [-0.25, -0.2) is 8.96 Å². The average Bonchev–Trinajstić information content (AvgIpc) is 3.73. The average molecular weight is 740 g/mol. The molecule has 51 heavy (non-hydrogen) atoms. The van der Waals surface area contributed by atoms with Crippen molar-refractivity contribution in [3.05, 3.63) is 71.8 Å². The van der Waals surface area contributed by atoms with Crippen LogP contribution in [0, 0.1) is 11.7 Å². The van der Waals surface area contributed by atoms with Gasteiger partial charge in [0.1, 0.15) is 18.1 Å². The van der Waals surface area contributed by atoms with E-state index in [1.807, 2.05) is 25.1 Å². The highest BCUT2D eigenvalue weighted by Gasteiger charge is 2.38. The minimum Gasteiger partial charge on any atom is -0.453 e. The van der Waals surface area contributed by atoms with Crippen molar-refractivity contribution in [1.82, 2.24) is 14.9 Å². The fraction of sp³-hybridized carbons (Fsp3) is 0.474. The summed E-state index contributed by atoms with van der Waals surface area (Å²) in [4.78, 5) is 37.1. The number of pyridine rings is 2. The summed E-state index contributed by atoms with van der Waals surface area (Å²) in [6.45, 7) is 12.7. The van der Waals surface area contributed by atoms with Crippen LogP contribution in [0.1, 0.15) is 85.3 Å². The van der Waals surface area contributed by atoms with E-state index in [9.17, 15) is 14.2 Å². The number of hydrogen-bond acceptors (Lipinski definition) is 10. The second kappa shape index (κ2) is 16.0. The smallest absolute Gasteiger partial charge is 0.453 e. The Morgan fingerprint density at radius 3 is 2.27 bits per heavy atom. The molecule has 1 saturated carbocycles. The quantitative estimate of drug-likeness (QED) is 0.104. The molecule has 0 bridgehead atoms. The van der Waals surface area contributed by atoms with Gasteiger partial charge in [0.25, 0.3) is 0 Å². The summed E-state index contributed by atoms with van der Waals surface area (Å²) in [6, 6.07) is 12.0. The number of benzene rings is 1. The molecule has 10 nitrogen and oxygen atoms in total. The van der Waals surface area contributed by atoms with Gasteiger partial charge in [-0.3, -0.25) is 33.1 Å².